The molecule has 0 spiro atoms. The van der Waals surface area contributed by atoms with E-state index in [0.717, 1.165) is 17.7 Å². The summed E-state index contributed by atoms with van der Waals surface area (Å²) < 4.78 is 27.9. The minimum atomic E-state index is -3.10. The third-order valence-electron chi connectivity index (χ3n) is 5.06. The fourth-order valence-corrected chi connectivity index (χ4v) is 5.28. The number of hydrogen-bond acceptors (Lipinski definition) is 6. The molecular weight excluding hydrogens is 384 g/mol. The number of hydrogen-bond donors (Lipinski definition) is 1. The van der Waals surface area contributed by atoms with Crippen molar-refractivity contribution in [1.82, 2.24) is 5.32 Å². The van der Waals surface area contributed by atoms with E-state index < -0.39 is 40.3 Å². The average Bonchev–Trinajstić information content (AvgIpc) is 3.21. The number of para-hydroxylation sites is 1. The Bertz CT molecular complexity index is 882. The molecule has 2 fully saturated rings. The highest BCUT2D eigenvalue weighted by Gasteiger charge is 2.37. The summed E-state index contributed by atoms with van der Waals surface area (Å²) in [4.78, 5) is 38.2. The largest absolute Gasteiger partial charge is 0.455 e. The molecule has 1 N–H and O–H groups in total. The molecule has 2 aliphatic heterocycles. The number of carbonyl (C=O) groups is 3. The molecule has 0 saturated carbocycles. The molecule has 2 aliphatic rings. The van der Waals surface area contributed by atoms with Crippen LogP contribution in [0, 0.1) is 5.92 Å². The Hall–Kier alpha value is -2.42. The van der Waals surface area contributed by atoms with Crippen LogP contribution in [0.5, 0.6) is 0 Å². The molecule has 2 heterocycles. The highest BCUT2D eigenvalue weighted by molar-refractivity contribution is 7.91. The van der Waals surface area contributed by atoms with Crippen LogP contribution in [-0.2, 0) is 35.4 Å². The first-order valence-electron chi connectivity index (χ1n) is 9.33. The molecule has 0 bridgehead atoms. The molecule has 0 unspecified atom stereocenters. The number of nitrogens with zero attached hydrogens (tertiary/aromatic N) is 1. The first-order chi connectivity index (χ1) is 13.3. The van der Waals surface area contributed by atoms with Gasteiger partial charge in [0.25, 0.3) is 5.91 Å². The van der Waals surface area contributed by atoms with Crippen LogP contribution in [0.3, 0.4) is 0 Å². The van der Waals surface area contributed by atoms with Gasteiger partial charge in [-0.25, -0.2) is 8.42 Å². The van der Waals surface area contributed by atoms with Gasteiger partial charge in [0, 0.05) is 24.7 Å². The van der Waals surface area contributed by atoms with Crippen molar-refractivity contribution in [2.45, 2.75) is 32.2 Å². The summed E-state index contributed by atoms with van der Waals surface area (Å²) in [5, 5.41) is 2.57. The van der Waals surface area contributed by atoms with Gasteiger partial charge in [-0.2, -0.15) is 0 Å². The molecule has 8 nitrogen and oxygen atoms in total. The number of anilines is 1. The lowest BCUT2D eigenvalue weighted by Crippen LogP contribution is -2.38. The highest BCUT2D eigenvalue weighted by Crippen LogP contribution is 2.29. The van der Waals surface area contributed by atoms with Crippen molar-refractivity contribution in [3.8, 4) is 0 Å². The predicted octanol–water partition coefficient (Wildman–Crippen LogP) is 0.448. The number of benzene rings is 1. The summed E-state index contributed by atoms with van der Waals surface area (Å²) in [7, 11) is -3.10. The minimum Gasteiger partial charge on any atom is -0.455 e. The molecule has 2 atom stereocenters. The van der Waals surface area contributed by atoms with Gasteiger partial charge in [0.05, 0.1) is 17.4 Å². The third-order valence-corrected chi connectivity index (χ3v) is 6.83. The molecule has 2 amide bonds. The molecule has 152 valence electrons. The number of esters is 1. The first-order valence-corrected chi connectivity index (χ1v) is 11.2. The fraction of sp³-hybridized carbons (Fsp3) is 0.526. The smallest absolute Gasteiger partial charge is 0.311 e. The Kier molecular flexibility index (Phi) is 6.02. The topological polar surface area (TPSA) is 110 Å². The van der Waals surface area contributed by atoms with Crippen LogP contribution in [0.25, 0.3) is 0 Å². The summed E-state index contributed by atoms with van der Waals surface area (Å²) in [5.41, 5.74) is 1.82. The van der Waals surface area contributed by atoms with Gasteiger partial charge in [0.15, 0.2) is 16.4 Å². The second-order valence-electron chi connectivity index (χ2n) is 7.16. The zero-order valence-corrected chi connectivity index (χ0v) is 16.5. The second-order valence-corrected chi connectivity index (χ2v) is 9.39. The van der Waals surface area contributed by atoms with E-state index in [1.807, 2.05) is 31.2 Å². The lowest BCUT2D eigenvalue weighted by molar-refractivity contribution is -0.152. The minimum absolute atomic E-state index is 0.0410. The summed E-state index contributed by atoms with van der Waals surface area (Å²) in [6.45, 7) is 1.74. The Balaban J connectivity index is 1.51. The fourth-order valence-electron chi connectivity index (χ4n) is 3.60. The van der Waals surface area contributed by atoms with Crippen LogP contribution in [0.15, 0.2) is 24.3 Å². The number of aryl methyl sites for hydroxylation is 1. The van der Waals surface area contributed by atoms with Crippen molar-refractivity contribution in [2.75, 3.05) is 29.6 Å². The van der Waals surface area contributed by atoms with Gasteiger partial charge in [-0.05, 0) is 24.5 Å². The number of sulfone groups is 1. The molecule has 1 aromatic rings. The van der Waals surface area contributed by atoms with Crippen molar-refractivity contribution in [3.63, 3.8) is 0 Å². The molecule has 0 aliphatic carbocycles. The van der Waals surface area contributed by atoms with Gasteiger partial charge in [0.2, 0.25) is 5.91 Å². The van der Waals surface area contributed by atoms with Crippen molar-refractivity contribution in [2.24, 2.45) is 5.92 Å². The van der Waals surface area contributed by atoms with Gasteiger partial charge in [-0.1, -0.05) is 25.1 Å². The molecule has 0 radical (unpaired) electrons. The Morgan fingerprint density at radius 1 is 1.29 bits per heavy atom. The Morgan fingerprint density at radius 3 is 2.71 bits per heavy atom. The van der Waals surface area contributed by atoms with Gasteiger partial charge in [0.1, 0.15) is 0 Å². The van der Waals surface area contributed by atoms with Crippen LogP contribution in [0.2, 0.25) is 0 Å². The van der Waals surface area contributed by atoms with Crippen LogP contribution >= 0.6 is 0 Å². The van der Waals surface area contributed by atoms with Crippen molar-refractivity contribution < 1.29 is 27.5 Å². The third kappa shape index (κ3) is 4.70. The van der Waals surface area contributed by atoms with Gasteiger partial charge < -0.3 is 15.0 Å². The van der Waals surface area contributed by atoms with E-state index >= 15 is 0 Å². The molecule has 2 saturated heterocycles. The lowest BCUT2D eigenvalue weighted by Gasteiger charge is -2.19. The van der Waals surface area contributed by atoms with Crippen molar-refractivity contribution in [3.05, 3.63) is 29.8 Å². The summed E-state index contributed by atoms with van der Waals surface area (Å²) in [6.07, 6.45) is 1.18. The zero-order valence-electron chi connectivity index (χ0n) is 15.7. The Labute approximate surface area is 164 Å². The average molecular weight is 408 g/mol. The predicted molar refractivity (Wildman–Crippen MR) is 102 cm³/mol. The quantitative estimate of drug-likeness (QED) is 0.685. The maximum Gasteiger partial charge on any atom is 0.311 e. The molecule has 9 heteroatoms. The molecule has 0 aromatic heterocycles. The molecule has 28 heavy (non-hydrogen) atoms. The standard InChI is InChI=1S/C19H24N2O6S/c1-2-13-5-3-4-6-16(13)21-10-14(9-18(21)23)19(24)27-11-17(22)20-15-7-8-28(25,26)12-15/h3-6,14-15H,2,7-12H2,1H3,(H,20,22)/t14-,15+/m1/s1. The monoisotopic (exact) mass is 408 g/mol. The van der Waals surface area contributed by atoms with E-state index in [2.05, 4.69) is 5.32 Å². The van der Waals surface area contributed by atoms with Gasteiger partial charge >= 0.3 is 5.97 Å². The molecule has 3 rings (SSSR count). The van der Waals surface area contributed by atoms with Crippen LogP contribution < -0.4 is 10.2 Å². The van der Waals surface area contributed by atoms with Gasteiger partial charge in [-0.15, -0.1) is 0 Å². The second kappa shape index (κ2) is 8.30. The first kappa shape index (κ1) is 20.3. The number of amides is 2. The Morgan fingerprint density at radius 2 is 2.04 bits per heavy atom. The van der Waals surface area contributed by atoms with Crippen LogP contribution in [0.1, 0.15) is 25.3 Å². The number of ether oxygens (including phenoxy) is 1. The van der Waals surface area contributed by atoms with Crippen molar-refractivity contribution >= 4 is 33.3 Å². The summed E-state index contributed by atoms with van der Waals surface area (Å²) >= 11 is 0. The zero-order chi connectivity index (χ0) is 20.3. The highest BCUT2D eigenvalue weighted by atomic mass is 32.2. The van der Waals surface area contributed by atoms with Gasteiger partial charge in [-0.3, -0.25) is 14.4 Å². The van der Waals surface area contributed by atoms with E-state index in [0.29, 0.717) is 6.42 Å². The molecule has 1 aromatic carbocycles. The maximum absolute atomic E-state index is 12.4. The van der Waals surface area contributed by atoms with Crippen molar-refractivity contribution in [1.29, 1.82) is 0 Å². The van der Waals surface area contributed by atoms with E-state index in [1.165, 1.54) is 0 Å². The lowest BCUT2D eigenvalue weighted by atomic mass is 10.1. The maximum atomic E-state index is 12.4. The number of carbonyl (C=O) groups excluding carboxylic acids is 3. The number of nitrogens with one attached hydrogen (secondary N) is 1. The summed E-state index contributed by atoms with van der Waals surface area (Å²) in [6, 6.07) is 7.12. The molecular formula is C19H24N2O6S. The number of rotatable bonds is 6. The van der Waals surface area contributed by atoms with E-state index in [1.54, 1.807) is 4.90 Å². The van der Waals surface area contributed by atoms with Crippen LogP contribution in [0.4, 0.5) is 5.69 Å². The van der Waals surface area contributed by atoms with E-state index in [-0.39, 0.29) is 30.4 Å². The van der Waals surface area contributed by atoms with Crippen LogP contribution in [-0.4, -0.2) is 56.9 Å². The van der Waals surface area contributed by atoms with E-state index in [9.17, 15) is 22.8 Å². The SMILES string of the molecule is CCc1ccccc1N1C[C@H](C(=O)OCC(=O)N[C@H]2CCS(=O)(=O)C2)CC1=O. The van der Waals surface area contributed by atoms with E-state index in [4.69, 9.17) is 4.74 Å². The summed E-state index contributed by atoms with van der Waals surface area (Å²) in [5.74, 6) is -1.94. The normalized spacial score (nSPS) is 23.6.